The van der Waals surface area contributed by atoms with E-state index in [0.717, 1.165) is 6.92 Å². The summed E-state index contributed by atoms with van der Waals surface area (Å²) >= 11 is 0. The Hall–Kier alpha value is -0.740. The summed E-state index contributed by atoms with van der Waals surface area (Å²) < 4.78 is 34.1. The molecular weight excluding hydrogens is 149 g/mol. The van der Waals surface area contributed by atoms with Gasteiger partial charge in [-0.05, 0) is 0 Å². The standard InChI is InChI=1S/C5H7F3O2/c1-3(4(9)10)2-5(6,7)8/h3H,2H2,1H3,(H,9,10)/p-1/t3-/m0/s1. The molecule has 0 aliphatic carbocycles. The maximum atomic E-state index is 11.4. The number of hydrogen-bond acceptors (Lipinski definition) is 2. The smallest absolute Gasteiger partial charge is 0.389 e. The Bertz CT molecular complexity index is 129. The topological polar surface area (TPSA) is 40.1 Å². The zero-order chi connectivity index (χ0) is 8.36. The van der Waals surface area contributed by atoms with Crippen molar-refractivity contribution in [3.63, 3.8) is 0 Å². The average Bonchev–Trinajstić information content (AvgIpc) is 1.60. The van der Waals surface area contributed by atoms with Gasteiger partial charge in [0.15, 0.2) is 0 Å². The zero-order valence-electron chi connectivity index (χ0n) is 5.23. The molecule has 5 heteroatoms. The van der Waals surface area contributed by atoms with Crippen LogP contribution < -0.4 is 5.11 Å². The number of carbonyl (C=O) groups is 1. The number of halogens is 3. The van der Waals surface area contributed by atoms with Crippen molar-refractivity contribution in [1.29, 1.82) is 0 Å². The molecule has 60 valence electrons. The Morgan fingerprint density at radius 1 is 1.60 bits per heavy atom. The lowest BCUT2D eigenvalue weighted by Crippen LogP contribution is -2.32. The predicted molar refractivity (Wildman–Crippen MR) is 24.8 cm³/mol. The lowest BCUT2D eigenvalue weighted by Gasteiger charge is -2.13. The molecule has 0 aliphatic heterocycles. The van der Waals surface area contributed by atoms with E-state index in [9.17, 15) is 23.1 Å². The Morgan fingerprint density at radius 2 is 2.00 bits per heavy atom. The summed E-state index contributed by atoms with van der Waals surface area (Å²) in [6, 6.07) is 0. The predicted octanol–water partition coefficient (Wildman–Crippen LogP) is 0.325. The van der Waals surface area contributed by atoms with Crippen molar-refractivity contribution in [3.8, 4) is 0 Å². The Balaban J connectivity index is 3.80. The number of carbonyl (C=O) groups excluding carboxylic acids is 1. The Morgan fingerprint density at radius 3 is 2.10 bits per heavy atom. The van der Waals surface area contributed by atoms with E-state index >= 15 is 0 Å². The molecule has 0 fully saturated rings. The summed E-state index contributed by atoms with van der Waals surface area (Å²) in [5, 5.41) is 9.77. The van der Waals surface area contributed by atoms with Crippen LogP contribution in [-0.4, -0.2) is 12.1 Å². The molecule has 0 aromatic rings. The van der Waals surface area contributed by atoms with Gasteiger partial charge < -0.3 is 9.90 Å². The largest absolute Gasteiger partial charge is 0.550 e. The number of hydrogen-bond donors (Lipinski definition) is 0. The van der Waals surface area contributed by atoms with Crippen LogP contribution >= 0.6 is 0 Å². The van der Waals surface area contributed by atoms with Crippen LogP contribution in [0.25, 0.3) is 0 Å². The van der Waals surface area contributed by atoms with Crippen LogP contribution in [0.3, 0.4) is 0 Å². The van der Waals surface area contributed by atoms with E-state index in [4.69, 9.17) is 0 Å². The van der Waals surface area contributed by atoms with Crippen LogP contribution in [0.5, 0.6) is 0 Å². The first-order valence-electron chi connectivity index (χ1n) is 2.60. The average molecular weight is 155 g/mol. The molecule has 1 atom stereocenters. The molecule has 0 aliphatic rings. The van der Waals surface area contributed by atoms with Crippen molar-refractivity contribution in [2.24, 2.45) is 5.92 Å². The van der Waals surface area contributed by atoms with Crippen LogP contribution in [0, 0.1) is 5.92 Å². The number of carboxylic acid groups (broad SMARTS) is 1. The molecule has 0 aromatic heterocycles. The van der Waals surface area contributed by atoms with Crippen molar-refractivity contribution in [3.05, 3.63) is 0 Å². The van der Waals surface area contributed by atoms with E-state index in [1.165, 1.54) is 0 Å². The number of carboxylic acids is 1. The molecule has 0 saturated heterocycles. The second kappa shape index (κ2) is 2.90. The molecule has 0 aromatic carbocycles. The van der Waals surface area contributed by atoms with E-state index in [2.05, 4.69) is 0 Å². The van der Waals surface area contributed by atoms with Crippen LogP contribution in [-0.2, 0) is 4.79 Å². The molecule has 0 spiro atoms. The molecule has 10 heavy (non-hydrogen) atoms. The fourth-order valence-corrected chi connectivity index (χ4v) is 0.431. The van der Waals surface area contributed by atoms with Crippen LogP contribution in [0.1, 0.15) is 13.3 Å². The molecule has 0 rings (SSSR count). The quantitative estimate of drug-likeness (QED) is 0.576. The molecular formula is C5H6F3O2-. The molecule has 0 unspecified atom stereocenters. The minimum absolute atomic E-state index is 0.961. The summed E-state index contributed by atoms with van der Waals surface area (Å²) in [7, 11) is 0. The van der Waals surface area contributed by atoms with Gasteiger partial charge in [-0.25, -0.2) is 0 Å². The normalized spacial score (nSPS) is 14.8. The van der Waals surface area contributed by atoms with Gasteiger partial charge in [0.05, 0.1) is 6.42 Å². The van der Waals surface area contributed by atoms with Gasteiger partial charge in [0.25, 0.3) is 0 Å². The minimum Gasteiger partial charge on any atom is -0.550 e. The molecule has 0 bridgehead atoms. The summed E-state index contributed by atoms with van der Waals surface area (Å²) in [4.78, 5) is 9.77. The highest BCUT2D eigenvalue weighted by atomic mass is 19.4. The van der Waals surface area contributed by atoms with Crippen molar-refractivity contribution in [1.82, 2.24) is 0 Å². The van der Waals surface area contributed by atoms with Crippen LogP contribution in [0.4, 0.5) is 13.2 Å². The van der Waals surface area contributed by atoms with Gasteiger partial charge in [-0.1, -0.05) is 6.92 Å². The van der Waals surface area contributed by atoms with E-state index in [0.29, 0.717) is 0 Å². The summed E-state index contributed by atoms with van der Waals surface area (Å²) in [5.41, 5.74) is 0. The molecule has 0 saturated carbocycles. The van der Waals surface area contributed by atoms with Crippen LogP contribution in [0.15, 0.2) is 0 Å². The monoisotopic (exact) mass is 155 g/mol. The second-order valence-corrected chi connectivity index (χ2v) is 2.04. The second-order valence-electron chi connectivity index (χ2n) is 2.04. The Kier molecular flexibility index (Phi) is 2.68. The maximum Gasteiger partial charge on any atom is 0.389 e. The van der Waals surface area contributed by atoms with Gasteiger partial charge in [-0.15, -0.1) is 0 Å². The first kappa shape index (κ1) is 9.26. The highest BCUT2D eigenvalue weighted by Gasteiger charge is 2.30. The van der Waals surface area contributed by atoms with Crippen molar-refractivity contribution in [2.75, 3.05) is 0 Å². The molecule has 0 amide bonds. The molecule has 2 nitrogen and oxygen atoms in total. The summed E-state index contributed by atoms with van der Waals surface area (Å²) in [6.07, 6.45) is -5.74. The Labute approximate surface area is 55.7 Å². The number of alkyl halides is 3. The fourth-order valence-electron chi connectivity index (χ4n) is 0.431. The third-order valence-electron chi connectivity index (χ3n) is 0.940. The van der Waals surface area contributed by atoms with Gasteiger partial charge >= 0.3 is 6.18 Å². The van der Waals surface area contributed by atoms with E-state index in [1.807, 2.05) is 0 Å². The molecule has 0 heterocycles. The number of aliphatic carboxylic acids is 1. The van der Waals surface area contributed by atoms with Gasteiger partial charge in [0.2, 0.25) is 0 Å². The maximum absolute atomic E-state index is 11.4. The van der Waals surface area contributed by atoms with E-state index in [-0.39, 0.29) is 0 Å². The van der Waals surface area contributed by atoms with E-state index in [1.54, 1.807) is 0 Å². The van der Waals surface area contributed by atoms with Gasteiger partial charge in [0.1, 0.15) is 0 Å². The lowest BCUT2D eigenvalue weighted by molar-refractivity contribution is -0.314. The van der Waals surface area contributed by atoms with Crippen LogP contribution in [0.2, 0.25) is 0 Å². The molecule has 0 N–H and O–H groups in total. The first-order chi connectivity index (χ1) is 4.33. The third-order valence-corrected chi connectivity index (χ3v) is 0.940. The van der Waals surface area contributed by atoms with Gasteiger partial charge in [0, 0.05) is 11.9 Å². The highest BCUT2D eigenvalue weighted by Crippen LogP contribution is 2.23. The van der Waals surface area contributed by atoms with Crippen molar-refractivity contribution >= 4 is 5.97 Å². The summed E-state index contributed by atoms with van der Waals surface area (Å²) in [5.74, 6) is -3.13. The summed E-state index contributed by atoms with van der Waals surface area (Å²) in [6.45, 7) is 0.961. The minimum atomic E-state index is -4.42. The lowest BCUT2D eigenvalue weighted by atomic mass is 10.1. The van der Waals surface area contributed by atoms with E-state index < -0.39 is 24.5 Å². The number of rotatable bonds is 2. The van der Waals surface area contributed by atoms with Gasteiger partial charge in [-0.3, -0.25) is 0 Å². The molecule has 0 radical (unpaired) electrons. The van der Waals surface area contributed by atoms with Gasteiger partial charge in [-0.2, -0.15) is 13.2 Å². The van der Waals surface area contributed by atoms with Crippen molar-refractivity contribution in [2.45, 2.75) is 19.5 Å². The third kappa shape index (κ3) is 4.17. The van der Waals surface area contributed by atoms with Crippen molar-refractivity contribution < 1.29 is 23.1 Å². The SMILES string of the molecule is C[C@@H](CC(F)(F)F)C(=O)[O-]. The zero-order valence-corrected chi connectivity index (χ0v) is 5.23. The highest BCUT2D eigenvalue weighted by molar-refractivity contribution is 5.67. The first-order valence-corrected chi connectivity index (χ1v) is 2.60. The fraction of sp³-hybridized carbons (Fsp3) is 0.800.